The molecule has 1 heterocycles. The summed E-state index contributed by atoms with van der Waals surface area (Å²) in [6.45, 7) is 7.08. The van der Waals surface area contributed by atoms with Crippen molar-refractivity contribution in [1.82, 2.24) is 9.88 Å². The highest BCUT2D eigenvalue weighted by Crippen LogP contribution is 2.18. The molecule has 0 atom stereocenters. The summed E-state index contributed by atoms with van der Waals surface area (Å²) >= 11 is 0. The normalized spacial score (nSPS) is 15.3. The van der Waals surface area contributed by atoms with Crippen molar-refractivity contribution in [2.45, 2.75) is 97.6 Å². The van der Waals surface area contributed by atoms with Crippen molar-refractivity contribution >= 4 is 5.91 Å². The van der Waals surface area contributed by atoms with Crippen LogP contribution in [-0.2, 0) is 19.4 Å². The smallest absolute Gasteiger partial charge is 0.263 e. The molecule has 0 aromatic carbocycles. The Kier molecular flexibility index (Phi) is 7.73. The molecule has 2 rings (SSSR count). The number of aromatic nitrogens is 1. The van der Waals surface area contributed by atoms with Gasteiger partial charge in [-0.1, -0.05) is 52.9 Å². The molecule has 1 amide bonds. The molecule has 1 aromatic rings. The molecule has 1 aliphatic carbocycles. The van der Waals surface area contributed by atoms with Crippen LogP contribution in [0.3, 0.4) is 0 Å². The number of carbonyl (C=O) groups is 1. The van der Waals surface area contributed by atoms with Gasteiger partial charge in [-0.25, -0.2) is 0 Å². The zero-order valence-corrected chi connectivity index (χ0v) is 16.2. The van der Waals surface area contributed by atoms with Crippen LogP contribution in [0.25, 0.3) is 0 Å². The molecule has 0 saturated heterocycles. The van der Waals surface area contributed by atoms with Gasteiger partial charge in [-0.3, -0.25) is 9.59 Å². The topological polar surface area (TPSA) is 51.1 Å². The molecule has 4 heteroatoms. The lowest BCUT2D eigenvalue weighted by molar-refractivity contribution is 0.0925. The van der Waals surface area contributed by atoms with Crippen molar-refractivity contribution in [3.05, 3.63) is 33.2 Å². The number of aryl methyl sites for hydroxylation is 1. The monoisotopic (exact) mass is 346 g/mol. The summed E-state index contributed by atoms with van der Waals surface area (Å²) < 4.78 is 1.88. The Morgan fingerprint density at radius 3 is 2.48 bits per heavy atom. The van der Waals surface area contributed by atoms with E-state index in [1.165, 1.54) is 19.3 Å². The fraction of sp³-hybridized carbons (Fsp3) is 0.714. The van der Waals surface area contributed by atoms with Crippen molar-refractivity contribution in [3.8, 4) is 0 Å². The number of pyridine rings is 1. The number of rotatable bonds is 8. The second kappa shape index (κ2) is 9.79. The first-order valence-corrected chi connectivity index (χ1v) is 10.2. The number of nitrogens with zero attached hydrogens (tertiary/aromatic N) is 1. The van der Waals surface area contributed by atoms with E-state index >= 15 is 0 Å². The standard InChI is InChI=1S/C21H34N2O2/c1-4-7-14-23-19(11-5-2)16(6-3)15-18(21(23)25)20(24)22-17-12-9-8-10-13-17/h15,17H,4-14H2,1-3H3,(H,22,24). The van der Waals surface area contributed by atoms with Crippen LogP contribution in [0.1, 0.15) is 93.8 Å². The van der Waals surface area contributed by atoms with Crippen LogP contribution in [0.15, 0.2) is 10.9 Å². The Morgan fingerprint density at radius 1 is 1.16 bits per heavy atom. The summed E-state index contributed by atoms with van der Waals surface area (Å²) in [6.07, 6.45) is 10.4. The molecule has 0 spiro atoms. The second-order valence-electron chi connectivity index (χ2n) is 7.25. The van der Waals surface area contributed by atoms with E-state index in [1.807, 2.05) is 10.6 Å². The van der Waals surface area contributed by atoms with E-state index < -0.39 is 0 Å². The molecule has 25 heavy (non-hydrogen) atoms. The van der Waals surface area contributed by atoms with Gasteiger partial charge in [0.25, 0.3) is 11.5 Å². The van der Waals surface area contributed by atoms with Gasteiger partial charge in [0, 0.05) is 18.3 Å². The largest absolute Gasteiger partial charge is 0.349 e. The number of carbonyl (C=O) groups excluding carboxylic acids is 1. The van der Waals surface area contributed by atoms with Gasteiger partial charge in [-0.15, -0.1) is 0 Å². The van der Waals surface area contributed by atoms with Crippen LogP contribution in [0.5, 0.6) is 0 Å². The van der Waals surface area contributed by atoms with E-state index in [1.54, 1.807) is 0 Å². The molecule has 0 unspecified atom stereocenters. The van der Waals surface area contributed by atoms with E-state index in [-0.39, 0.29) is 17.5 Å². The fourth-order valence-corrected chi connectivity index (χ4v) is 3.82. The van der Waals surface area contributed by atoms with Crippen molar-refractivity contribution in [1.29, 1.82) is 0 Å². The van der Waals surface area contributed by atoms with Crippen LogP contribution in [0.4, 0.5) is 0 Å². The van der Waals surface area contributed by atoms with Gasteiger partial charge in [0.1, 0.15) is 5.56 Å². The Morgan fingerprint density at radius 2 is 1.88 bits per heavy atom. The zero-order valence-electron chi connectivity index (χ0n) is 16.2. The maximum Gasteiger partial charge on any atom is 0.263 e. The first-order valence-electron chi connectivity index (χ1n) is 10.2. The minimum atomic E-state index is -0.181. The Hall–Kier alpha value is -1.58. The van der Waals surface area contributed by atoms with Gasteiger partial charge in [-0.2, -0.15) is 0 Å². The summed E-state index contributed by atoms with van der Waals surface area (Å²) in [6, 6.07) is 2.08. The first-order chi connectivity index (χ1) is 12.1. The molecule has 0 aliphatic heterocycles. The van der Waals surface area contributed by atoms with Crippen LogP contribution >= 0.6 is 0 Å². The van der Waals surface area contributed by atoms with Crippen molar-refractivity contribution in [2.75, 3.05) is 0 Å². The molecule has 1 N–H and O–H groups in total. The third-order valence-electron chi connectivity index (χ3n) is 5.28. The van der Waals surface area contributed by atoms with Crippen molar-refractivity contribution in [2.24, 2.45) is 0 Å². The second-order valence-corrected chi connectivity index (χ2v) is 7.25. The molecule has 0 bridgehead atoms. The van der Waals surface area contributed by atoms with Gasteiger partial charge in [0.05, 0.1) is 0 Å². The lowest BCUT2D eigenvalue weighted by Crippen LogP contribution is -2.40. The Balaban J connectivity index is 2.35. The maximum atomic E-state index is 13.0. The minimum absolute atomic E-state index is 0.109. The van der Waals surface area contributed by atoms with Gasteiger partial charge < -0.3 is 9.88 Å². The van der Waals surface area contributed by atoms with Gasteiger partial charge in [0.2, 0.25) is 0 Å². The van der Waals surface area contributed by atoms with Gasteiger partial charge in [-0.05, 0) is 43.7 Å². The highest BCUT2D eigenvalue weighted by Gasteiger charge is 2.21. The molecule has 0 radical (unpaired) electrons. The highest BCUT2D eigenvalue weighted by molar-refractivity contribution is 5.94. The third-order valence-corrected chi connectivity index (χ3v) is 5.28. The van der Waals surface area contributed by atoms with Gasteiger partial charge >= 0.3 is 0 Å². The molecule has 1 aromatic heterocycles. The molecule has 1 saturated carbocycles. The summed E-state index contributed by atoms with van der Waals surface area (Å²) in [7, 11) is 0. The quantitative estimate of drug-likeness (QED) is 0.766. The third kappa shape index (κ3) is 4.96. The predicted octanol–water partition coefficient (Wildman–Crippen LogP) is 4.23. The highest BCUT2D eigenvalue weighted by atomic mass is 16.2. The molecule has 1 fully saturated rings. The zero-order chi connectivity index (χ0) is 18.2. The van der Waals surface area contributed by atoms with Crippen LogP contribution in [0, 0.1) is 0 Å². The SMILES string of the molecule is CCCCn1c(CCC)c(CC)cc(C(=O)NC2CCCCC2)c1=O. The summed E-state index contributed by atoms with van der Waals surface area (Å²) in [4.78, 5) is 25.8. The minimum Gasteiger partial charge on any atom is -0.349 e. The van der Waals surface area contributed by atoms with E-state index in [2.05, 4.69) is 26.1 Å². The Labute approximate surface area is 152 Å². The summed E-state index contributed by atoms with van der Waals surface area (Å²) in [5.74, 6) is -0.181. The number of unbranched alkanes of at least 4 members (excludes halogenated alkanes) is 1. The molecule has 4 nitrogen and oxygen atoms in total. The van der Waals surface area contributed by atoms with Gasteiger partial charge in [0.15, 0.2) is 0 Å². The van der Waals surface area contributed by atoms with Crippen molar-refractivity contribution in [3.63, 3.8) is 0 Å². The van der Waals surface area contributed by atoms with Crippen molar-refractivity contribution < 1.29 is 4.79 Å². The predicted molar refractivity (Wildman–Crippen MR) is 103 cm³/mol. The number of nitrogens with one attached hydrogen (secondary N) is 1. The number of amides is 1. The van der Waals surface area contributed by atoms with Crippen LogP contribution in [-0.4, -0.2) is 16.5 Å². The molecular weight excluding hydrogens is 312 g/mol. The van der Waals surface area contributed by atoms with Crippen LogP contribution < -0.4 is 10.9 Å². The molecule has 1 aliphatic rings. The van der Waals surface area contributed by atoms with Crippen LogP contribution in [0.2, 0.25) is 0 Å². The van der Waals surface area contributed by atoms with E-state index in [4.69, 9.17) is 0 Å². The lowest BCUT2D eigenvalue weighted by Gasteiger charge is -2.23. The summed E-state index contributed by atoms with van der Waals surface area (Å²) in [5.41, 5.74) is 2.49. The molecule has 140 valence electrons. The van der Waals surface area contributed by atoms with E-state index in [0.717, 1.165) is 56.2 Å². The number of hydrogen-bond acceptors (Lipinski definition) is 2. The van der Waals surface area contributed by atoms with E-state index in [9.17, 15) is 9.59 Å². The van der Waals surface area contributed by atoms with E-state index in [0.29, 0.717) is 12.1 Å². The average molecular weight is 347 g/mol. The fourth-order valence-electron chi connectivity index (χ4n) is 3.82. The lowest BCUT2D eigenvalue weighted by atomic mass is 9.95. The molecular formula is C21H34N2O2. The number of hydrogen-bond donors (Lipinski definition) is 1. The summed E-state index contributed by atoms with van der Waals surface area (Å²) in [5, 5.41) is 3.11. The first kappa shape index (κ1) is 19.7. The average Bonchev–Trinajstić information content (AvgIpc) is 2.62. The maximum absolute atomic E-state index is 13.0. The Bertz CT molecular complexity index is 628.